The number of likely N-dealkylation sites (N-methyl/N-ethyl adjacent to an activating group) is 1. The van der Waals surface area contributed by atoms with E-state index in [-0.39, 0.29) is 19.1 Å². The lowest BCUT2D eigenvalue weighted by Crippen LogP contribution is -2.46. The van der Waals surface area contributed by atoms with Gasteiger partial charge in [0.1, 0.15) is 13.2 Å². The number of unbranched alkanes of at least 4 members (excludes halogenated alkanes) is 28. The van der Waals surface area contributed by atoms with Crippen LogP contribution in [-0.4, -0.2) is 68.5 Å². The Morgan fingerprint density at radius 3 is 1.09 bits per heavy atom. The fraction of sp³-hybridized carbons (Fsp3) is 0.712. The van der Waals surface area contributed by atoms with E-state index in [1.54, 1.807) is 0 Å². The number of hydrogen-bond donors (Lipinski definition) is 2. The molecule has 3 unspecified atom stereocenters. The van der Waals surface area contributed by atoms with E-state index in [9.17, 15) is 19.4 Å². The molecule has 2 N–H and O–H groups in total. The molecule has 0 heterocycles. The first-order valence-corrected chi connectivity index (χ1v) is 35.3. The fourth-order valence-electron chi connectivity index (χ4n) is 9.48. The number of carbonyl (C=O) groups excluding carboxylic acids is 1. The maximum atomic E-state index is 13.0. The van der Waals surface area contributed by atoms with Crippen molar-refractivity contribution in [3.8, 4) is 0 Å². The van der Waals surface area contributed by atoms with Crippen LogP contribution in [0.15, 0.2) is 122 Å². The van der Waals surface area contributed by atoms with Crippen molar-refractivity contribution in [3.63, 3.8) is 0 Å². The van der Waals surface area contributed by atoms with Crippen LogP contribution in [0.5, 0.6) is 0 Å². The number of nitrogens with zero attached hydrogens (tertiary/aromatic N) is 1. The van der Waals surface area contributed by atoms with Crippen LogP contribution < -0.4 is 10.2 Å². The lowest BCUT2D eigenvalue weighted by molar-refractivity contribution is -0.870. The van der Waals surface area contributed by atoms with Crippen LogP contribution >= 0.6 is 7.82 Å². The summed E-state index contributed by atoms with van der Waals surface area (Å²) in [6.45, 7) is 4.60. The summed E-state index contributed by atoms with van der Waals surface area (Å²) < 4.78 is 23.5. The van der Waals surface area contributed by atoms with Crippen molar-refractivity contribution in [1.82, 2.24) is 5.32 Å². The van der Waals surface area contributed by atoms with Gasteiger partial charge in [-0.1, -0.05) is 309 Å². The van der Waals surface area contributed by atoms with Gasteiger partial charge in [-0.25, -0.2) is 0 Å². The Kier molecular flexibility index (Phi) is 60.1. The molecule has 0 fully saturated rings. The molecule has 0 saturated carbocycles. The van der Waals surface area contributed by atoms with Crippen LogP contribution in [0, 0.1) is 0 Å². The van der Waals surface area contributed by atoms with Gasteiger partial charge in [0.25, 0.3) is 7.82 Å². The number of rotatable bonds is 61. The Balaban J connectivity index is 4.19. The zero-order valence-electron chi connectivity index (χ0n) is 53.9. The molecule has 0 spiro atoms. The first-order valence-electron chi connectivity index (χ1n) is 33.9. The SMILES string of the molecule is CC/C=C\C/C=C\C/C=C\C/C=C\C/C=C\C/C=C\C/C=C\C/C=C\C/C=C\C/C=C\CCCCCCC(=O)NC(COP(=O)([O-])OCC[N+](C)(C)C)C(O)CCCCCCCCCCCCCCCCCCCCCCCCCCC. The van der Waals surface area contributed by atoms with Crippen molar-refractivity contribution in [1.29, 1.82) is 0 Å². The molecule has 0 aromatic rings. The minimum absolute atomic E-state index is 0.000860. The number of nitrogens with one attached hydrogen (secondary N) is 1. The molecule has 0 aliphatic rings. The number of allylic oxidation sites excluding steroid dienone is 20. The Labute approximate surface area is 507 Å². The van der Waals surface area contributed by atoms with E-state index in [2.05, 4.69) is 141 Å². The van der Waals surface area contributed by atoms with Gasteiger partial charge in [0.2, 0.25) is 5.91 Å². The largest absolute Gasteiger partial charge is 0.756 e. The van der Waals surface area contributed by atoms with Crippen LogP contribution in [0.2, 0.25) is 0 Å². The maximum Gasteiger partial charge on any atom is 0.268 e. The molecule has 0 aliphatic heterocycles. The highest BCUT2D eigenvalue weighted by molar-refractivity contribution is 7.45. The van der Waals surface area contributed by atoms with Gasteiger partial charge in [0, 0.05) is 6.42 Å². The Hall–Kier alpha value is -3.10. The second kappa shape index (κ2) is 62.4. The molecule has 1 amide bonds. The highest BCUT2D eigenvalue weighted by Crippen LogP contribution is 2.38. The van der Waals surface area contributed by atoms with Crippen molar-refractivity contribution in [2.45, 2.75) is 296 Å². The van der Waals surface area contributed by atoms with Crippen molar-refractivity contribution >= 4 is 13.7 Å². The topological polar surface area (TPSA) is 108 Å². The standard InChI is InChI=1S/C73H129N2O6P/c1-6-8-10-12-14-16-18-20-22-24-26-28-30-32-33-34-35-36-37-38-39-40-41-43-45-47-49-51-53-55-57-59-61-63-65-67-73(77)74-71(70-81-82(78,79)80-69-68-75(3,4)5)72(76)66-64-62-60-58-56-54-52-50-48-46-44-42-31-29-27-25-23-21-19-17-15-13-11-9-7-2/h8,10,14,16,20,22,26,28,32-33,35-36,38-39,41,43,47,49,53,55,71-72,76H,6-7,9,11-13,15,17-19,21,23-25,27,29-31,34,37,40,42,44-46,48,50-52,54,56-70H2,1-5H3,(H-,74,77,78,79)/b10-8-,16-14-,22-20-,28-26-,33-32-,36-35-,39-38-,43-41-,49-47-,55-53-. The summed E-state index contributed by atoms with van der Waals surface area (Å²) in [6.07, 6.45) is 92.6. The van der Waals surface area contributed by atoms with E-state index in [0.717, 1.165) is 116 Å². The predicted molar refractivity (Wildman–Crippen MR) is 357 cm³/mol. The summed E-state index contributed by atoms with van der Waals surface area (Å²) in [6, 6.07) is -0.825. The molecular weight excluding hydrogens is 1030 g/mol. The molecule has 0 aliphatic carbocycles. The molecule has 0 saturated heterocycles. The van der Waals surface area contributed by atoms with Crippen LogP contribution in [0.3, 0.4) is 0 Å². The molecule has 472 valence electrons. The summed E-state index contributed by atoms with van der Waals surface area (Å²) in [4.78, 5) is 25.6. The van der Waals surface area contributed by atoms with Gasteiger partial charge in [-0.3, -0.25) is 9.36 Å². The highest BCUT2D eigenvalue weighted by atomic mass is 31.2. The zero-order valence-corrected chi connectivity index (χ0v) is 54.8. The van der Waals surface area contributed by atoms with Crippen LogP contribution in [0.4, 0.5) is 0 Å². The number of amides is 1. The molecule has 0 aromatic heterocycles. The maximum absolute atomic E-state index is 13.0. The van der Waals surface area contributed by atoms with Gasteiger partial charge >= 0.3 is 0 Å². The number of carbonyl (C=O) groups is 1. The van der Waals surface area contributed by atoms with Crippen molar-refractivity contribution in [2.75, 3.05) is 40.9 Å². The monoisotopic (exact) mass is 1160 g/mol. The van der Waals surface area contributed by atoms with Gasteiger partial charge in [0.05, 0.1) is 39.9 Å². The number of aliphatic hydroxyl groups excluding tert-OH is 1. The summed E-state index contributed by atoms with van der Waals surface area (Å²) in [5, 5.41) is 14.1. The van der Waals surface area contributed by atoms with Crippen molar-refractivity contribution < 1.29 is 32.9 Å². The molecule has 0 radical (unpaired) electrons. The van der Waals surface area contributed by atoms with Crippen molar-refractivity contribution in [3.05, 3.63) is 122 Å². The van der Waals surface area contributed by atoms with Gasteiger partial charge in [-0.05, 0) is 89.9 Å². The second-order valence-corrected chi connectivity index (χ2v) is 25.2. The van der Waals surface area contributed by atoms with Crippen LogP contribution in [0.25, 0.3) is 0 Å². The average Bonchev–Trinajstić information content (AvgIpc) is 3.45. The summed E-state index contributed by atoms with van der Waals surface area (Å²) in [5.41, 5.74) is 0. The normalized spacial score (nSPS) is 14.5. The van der Waals surface area contributed by atoms with E-state index < -0.39 is 20.0 Å². The van der Waals surface area contributed by atoms with E-state index in [4.69, 9.17) is 9.05 Å². The summed E-state index contributed by atoms with van der Waals surface area (Å²) in [5.74, 6) is -0.191. The lowest BCUT2D eigenvalue weighted by Gasteiger charge is -2.30. The minimum atomic E-state index is -4.60. The molecule has 3 atom stereocenters. The zero-order chi connectivity index (χ0) is 59.8. The second-order valence-electron chi connectivity index (χ2n) is 23.8. The Morgan fingerprint density at radius 2 is 0.744 bits per heavy atom. The molecule has 8 nitrogen and oxygen atoms in total. The smallest absolute Gasteiger partial charge is 0.268 e. The third-order valence-electron chi connectivity index (χ3n) is 14.7. The van der Waals surface area contributed by atoms with E-state index in [1.807, 2.05) is 21.1 Å². The molecule has 0 aromatic carbocycles. The van der Waals surface area contributed by atoms with Gasteiger partial charge < -0.3 is 28.8 Å². The van der Waals surface area contributed by atoms with Gasteiger partial charge in [-0.2, -0.15) is 0 Å². The van der Waals surface area contributed by atoms with Crippen LogP contribution in [-0.2, 0) is 18.4 Å². The first kappa shape index (κ1) is 78.9. The predicted octanol–water partition coefficient (Wildman–Crippen LogP) is 21.0. The minimum Gasteiger partial charge on any atom is -0.756 e. The van der Waals surface area contributed by atoms with Gasteiger partial charge in [0.15, 0.2) is 0 Å². The Bertz CT molecular complexity index is 1750. The Morgan fingerprint density at radius 1 is 0.439 bits per heavy atom. The summed E-state index contributed by atoms with van der Waals surface area (Å²) in [7, 11) is 1.28. The lowest BCUT2D eigenvalue weighted by atomic mass is 10.0. The fourth-order valence-corrected chi connectivity index (χ4v) is 10.2. The number of phosphoric acid groups is 1. The average molecular weight is 1160 g/mol. The third kappa shape index (κ3) is 64.5. The quantitative estimate of drug-likeness (QED) is 0.0272. The first-order chi connectivity index (χ1) is 40.0. The highest BCUT2D eigenvalue weighted by Gasteiger charge is 2.24. The molecular formula is C73H129N2O6P. The number of quaternary nitrogens is 1. The molecule has 9 heteroatoms. The van der Waals surface area contributed by atoms with E-state index >= 15 is 0 Å². The third-order valence-corrected chi connectivity index (χ3v) is 15.7. The van der Waals surface area contributed by atoms with Crippen LogP contribution in [0.1, 0.15) is 284 Å². The van der Waals surface area contributed by atoms with E-state index in [1.165, 1.54) is 141 Å². The number of phosphoric ester groups is 1. The summed E-state index contributed by atoms with van der Waals surface area (Å²) >= 11 is 0. The molecule has 0 rings (SSSR count). The molecule has 0 bridgehead atoms. The van der Waals surface area contributed by atoms with Gasteiger partial charge in [-0.15, -0.1) is 0 Å². The number of aliphatic hydroxyl groups is 1. The number of hydrogen-bond acceptors (Lipinski definition) is 6. The van der Waals surface area contributed by atoms with E-state index in [0.29, 0.717) is 23.9 Å². The molecule has 82 heavy (non-hydrogen) atoms. The van der Waals surface area contributed by atoms with Crippen molar-refractivity contribution in [2.24, 2.45) is 0 Å².